The number of benzene rings is 3. The van der Waals surface area contributed by atoms with E-state index < -0.39 is 27.5 Å². The van der Waals surface area contributed by atoms with Crippen LogP contribution in [0.5, 0.6) is 0 Å². The Morgan fingerprint density at radius 3 is 2.49 bits per heavy atom. The summed E-state index contributed by atoms with van der Waals surface area (Å²) in [7, 11) is -4.06. The molecule has 3 N–H and O–H groups in total. The number of carboxylic acids is 1. The largest absolute Gasteiger partial charge is 0.481 e. The number of carboxylic acid groups (broad SMARTS) is 1. The van der Waals surface area contributed by atoms with E-state index in [0.717, 1.165) is 0 Å². The fourth-order valence-corrected chi connectivity index (χ4v) is 6.66. The third-order valence-electron chi connectivity index (χ3n) is 6.49. The number of aromatic amines is 1. The molecule has 0 fully saturated rings. The molecule has 0 spiro atoms. The SMILES string of the molecule is Cc1[nH]c(/C=C2\C(=O)Nc3cccc(-c4cccc(F)c4)c32)c(CCC(=O)O)c1S(=O)(=O)c1ccc(Cl)cc1. The molecule has 1 aromatic heterocycles. The van der Waals surface area contributed by atoms with E-state index >= 15 is 0 Å². The maximum absolute atomic E-state index is 14.0. The minimum atomic E-state index is -4.06. The van der Waals surface area contributed by atoms with Gasteiger partial charge in [-0.25, -0.2) is 12.8 Å². The normalized spacial score (nSPS) is 13.9. The van der Waals surface area contributed by atoms with Gasteiger partial charge in [0.15, 0.2) is 0 Å². The summed E-state index contributed by atoms with van der Waals surface area (Å²) >= 11 is 5.94. The number of anilines is 1. The molecule has 0 aliphatic carbocycles. The van der Waals surface area contributed by atoms with Crippen molar-refractivity contribution in [2.24, 2.45) is 0 Å². The third kappa shape index (κ3) is 4.98. The van der Waals surface area contributed by atoms with E-state index in [9.17, 15) is 27.5 Å². The van der Waals surface area contributed by atoms with Gasteiger partial charge in [-0.15, -0.1) is 0 Å². The molecule has 2 heterocycles. The van der Waals surface area contributed by atoms with Crippen LogP contribution in [0, 0.1) is 12.7 Å². The number of nitrogens with one attached hydrogen (secondary N) is 2. The lowest BCUT2D eigenvalue weighted by Gasteiger charge is -2.10. The molecule has 3 aromatic carbocycles. The zero-order chi connectivity index (χ0) is 27.9. The summed E-state index contributed by atoms with van der Waals surface area (Å²) in [4.78, 5) is 27.6. The topological polar surface area (TPSA) is 116 Å². The van der Waals surface area contributed by atoms with Crippen molar-refractivity contribution in [1.29, 1.82) is 0 Å². The quantitative estimate of drug-likeness (QED) is 0.234. The van der Waals surface area contributed by atoms with Gasteiger partial charge in [0, 0.05) is 34.1 Å². The van der Waals surface area contributed by atoms with E-state index in [-0.39, 0.29) is 33.8 Å². The second-order valence-electron chi connectivity index (χ2n) is 9.07. The van der Waals surface area contributed by atoms with E-state index in [1.807, 2.05) is 0 Å². The standard InChI is InChI=1S/C29H22ClFN2O5S/c1-16-28(39(37,38)20-10-8-18(30)9-11-20)22(12-13-26(34)35)25(32-16)15-23-27-21(17-4-2-5-19(31)14-17)6-3-7-24(27)33-29(23)36/h2-11,14-15,32H,12-13H2,1H3,(H,33,36)(H,34,35)/b23-15-. The number of fused-ring (bicyclic) bond motifs is 1. The third-order valence-corrected chi connectivity index (χ3v) is 8.73. The molecular formula is C29H22ClFN2O5S. The first kappa shape index (κ1) is 26.4. The summed E-state index contributed by atoms with van der Waals surface area (Å²) in [6.45, 7) is 1.58. The summed E-state index contributed by atoms with van der Waals surface area (Å²) in [5.74, 6) is -1.95. The Balaban J connectivity index is 1.70. The second kappa shape index (κ2) is 10.2. The van der Waals surface area contributed by atoms with Crippen LogP contribution >= 0.6 is 11.6 Å². The first-order valence-corrected chi connectivity index (χ1v) is 13.8. The summed E-state index contributed by atoms with van der Waals surface area (Å²) in [5.41, 5.74) is 3.32. The van der Waals surface area contributed by atoms with Crippen LogP contribution in [0.3, 0.4) is 0 Å². The van der Waals surface area contributed by atoms with Crippen molar-refractivity contribution in [1.82, 2.24) is 4.98 Å². The number of hydrogen-bond acceptors (Lipinski definition) is 4. The fraction of sp³-hybridized carbons (Fsp3) is 0.103. The van der Waals surface area contributed by atoms with Gasteiger partial charge in [-0.05, 0) is 78.6 Å². The van der Waals surface area contributed by atoms with Crippen LogP contribution < -0.4 is 5.32 Å². The van der Waals surface area contributed by atoms with Gasteiger partial charge in [-0.1, -0.05) is 35.9 Å². The number of aliphatic carboxylic acids is 1. The molecule has 7 nitrogen and oxygen atoms in total. The van der Waals surface area contributed by atoms with Gasteiger partial charge in [-0.2, -0.15) is 0 Å². The maximum atomic E-state index is 14.0. The average molecular weight is 565 g/mol. The van der Waals surface area contributed by atoms with Crippen LogP contribution in [0.4, 0.5) is 10.1 Å². The number of amides is 1. The molecule has 4 aromatic rings. The Labute approximate surface area is 228 Å². The number of hydrogen-bond donors (Lipinski definition) is 3. The number of rotatable bonds is 7. The van der Waals surface area contributed by atoms with Crippen LogP contribution in [0.1, 0.15) is 28.9 Å². The Morgan fingerprint density at radius 2 is 1.79 bits per heavy atom. The van der Waals surface area contributed by atoms with Crippen LogP contribution in [-0.4, -0.2) is 30.4 Å². The highest BCUT2D eigenvalue weighted by atomic mass is 35.5. The van der Waals surface area contributed by atoms with E-state index in [2.05, 4.69) is 10.3 Å². The summed E-state index contributed by atoms with van der Waals surface area (Å²) < 4.78 is 41.4. The predicted molar refractivity (Wildman–Crippen MR) is 147 cm³/mol. The van der Waals surface area contributed by atoms with Crippen LogP contribution in [0.2, 0.25) is 5.02 Å². The molecule has 0 unspecified atom stereocenters. The van der Waals surface area contributed by atoms with Crippen LogP contribution in [-0.2, 0) is 25.8 Å². The Morgan fingerprint density at radius 1 is 1.08 bits per heavy atom. The first-order chi connectivity index (χ1) is 18.6. The van der Waals surface area contributed by atoms with Gasteiger partial charge >= 0.3 is 5.97 Å². The van der Waals surface area contributed by atoms with Crippen LogP contribution in [0.25, 0.3) is 22.8 Å². The van der Waals surface area contributed by atoms with Crippen molar-refractivity contribution in [3.8, 4) is 11.1 Å². The summed E-state index contributed by atoms with van der Waals surface area (Å²) in [5, 5.41) is 12.5. The molecule has 1 aliphatic heterocycles. The predicted octanol–water partition coefficient (Wildman–Crippen LogP) is 6.13. The molecule has 198 valence electrons. The second-order valence-corrected chi connectivity index (χ2v) is 11.4. The number of carbonyl (C=O) groups excluding carboxylic acids is 1. The van der Waals surface area contributed by atoms with E-state index in [1.165, 1.54) is 42.5 Å². The number of aromatic nitrogens is 1. The highest BCUT2D eigenvalue weighted by Crippen LogP contribution is 2.41. The molecule has 0 bridgehead atoms. The molecule has 0 saturated carbocycles. The van der Waals surface area contributed by atoms with Crippen molar-refractivity contribution in [3.63, 3.8) is 0 Å². The van der Waals surface area contributed by atoms with Crippen molar-refractivity contribution < 1.29 is 27.5 Å². The number of sulfone groups is 1. The Kier molecular flexibility index (Phi) is 6.88. The molecule has 10 heteroatoms. The van der Waals surface area contributed by atoms with Crippen molar-refractivity contribution in [3.05, 3.63) is 100 Å². The molecular weight excluding hydrogens is 543 g/mol. The average Bonchev–Trinajstić information content (AvgIpc) is 3.38. The molecule has 39 heavy (non-hydrogen) atoms. The number of aryl methyl sites for hydroxylation is 1. The van der Waals surface area contributed by atoms with Gasteiger partial charge in [-0.3, -0.25) is 9.59 Å². The highest BCUT2D eigenvalue weighted by molar-refractivity contribution is 7.91. The Bertz CT molecular complexity index is 1780. The fourth-order valence-electron chi connectivity index (χ4n) is 4.81. The minimum absolute atomic E-state index is 0.00197. The van der Waals surface area contributed by atoms with Crippen molar-refractivity contribution >= 4 is 50.7 Å². The Hall–Kier alpha value is -4.21. The van der Waals surface area contributed by atoms with Gasteiger partial charge in [0.05, 0.1) is 15.4 Å². The molecule has 0 radical (unpaired) electrons. The first-order valence-electron chi connectivity index (χ1n) is 11.9. The van der Waals surface area contributed by atoms with Gasteiger partial charge in [0.1, 0.15) is 5.82 Å². The van der Waals surface area contributed by atoms with E-state index in [1.54, 1.807) is 37.3 Å². The summed E-state index contributed by atoms with van der Waals surface area (Å²) in [6, 6.07) is 16.9. The van der Waals surface area contributed by atoms with Gasteiger partial charge in [0.2, 0.25) is 9.84 Å². The zero-order valence-electron chi connectivity index (χ0n) is 20.6. The van der Waals surface area contributed by atoms with Crippen LogP contribution in [0.15, 0.2) is 76.5 Å². The smallest absolute Gasteiger partial charge is 0.303 e. The van der Waals surface area contributed by atoms with Gasteiger partial charge in [0.25, 0.3) is 5.91 Å². The van der Waals surface area contributed by atoms with E-state index in [4.69, 9.17) is 11.6 Å². The molecule has 1 aliphatic rings. The lowest BCUT2D eigenvalue weighted by molar-refractivity contribution is -0.137. The molecule has 0 atom stereocenters. The minimum Gasteiger partial charge on any atom is -0.481 e. The molecule has 1 amide bonds. The monoisotopic (exact) mass is 564 g/mol. The number of halogens is 2. The zero-order valence-corrected chi connectivity index (χ0v) is 22.2. The molecule has 5 rings (SSSR count). The lowest BCUT2D eigenvalue weighted by Crippen LogP contribution is -2.08. The summed E-state index contributed by atoms with van der Waals surface area (Å²) in [6.07, 6.45) is 1.10. The van der Waals surface area contributed by atoms with Crippen molar-refractivity contribution in [2.75, 3.05) is 5.32 Å². The number of H-pyrrole nitrogens is 1. The lowest BCUT2D eigenvalue weighted by atomic mass is 9.94. The van der Waals surface area contributed by atoms with Gasteiger partial charge < -0.3 is 15.4 Å². The molecule has 0 saturated heterocycles. The number of carbonyl (C=O) groups is 2. The maximum Gasteiger partial charge on any atom is 0.303 e. The van der Waals surface area contributed by atoms with E-state index in [0.29, 0.717) is 38.8 Å². The highest BCUT2D eigenvalue weighted by Gasteiger charge is 2.31. The van der Waals surface area contributed by atoms with Crippen molar-refractivity contribution in [2.45, 2.75) is 29.6 Å².